The van der Waals surface area contributed by atoms with Crippen molar-refractivity contribution >= 4 is 38.1 Å². The van der Waals surface area contributed by atoms with Crippen LogP contribution < -0.4 is 10.2 Å². The standard InChI is InChI=1S/C22H29N3S/c1-7-11-25(14(2)3)19-10-8-9-18-21(19)26-22(23-18)24-20-16(5)12-15(4)13-17(20)6/h8-10,12-14H,7,11H2,1-6H3,(H,23,24). The quantitative estimate of drug-likeness (QED) is 0.532. The zero-order valence-electron chi connectivity index (χ0n) is 16.7. The molecule has 0 aliphatic heterocycles. The van der Waals surface area contributed by atoms with Crippen LogP contribution in [-0.2, 0) is 0 Å². The summed E-state index contributed by atoms with van der Waals surface area (Å²) in [6, 6.07) is 11.4. The third-order valence-electron chi connectivity index (χ3n) is 4.70. The van der Waals surface area contributed by atoms with E-state index in [1.807, 2.05) is 0 Å². The van der Waals surface area contributed by atoms with Crippen molar-refractivity contribution in [3.8, 4) is 0 Å². The van der Waals surface area contributed by atoms with Crippen molar-refractivity contribution < 1.29 is 0 Å². The molecule has 3 nitrogen and oxygen atoms in total. The van der Waals surface area contributed by atoms with E-state index >= 15 is 0 Å². The molecule has 0 amide bonds. The fourth-order valence-corrected chi connectivity index (χ4v) is 4.59. The number of thiazole rings is 1. The molecule has 2 aromatic carbocycles. The van der Waals surface area contributed by atoms with Crippen LogP contribution in [0.15, 0.2) is 30.3 Å². The monoisotopic (exact) mass is 367 g/mol. The average Bonchev–Trinajstić information content (AvgIpc) is 2.98. The molecule has 0 atom stereocenters. The molecule has 4 heteroatoms. The highest BCUT2D eigenvalue weighted by molar-refractivity contribution is 7.22. The molecule has 0 fully saturated rings. The lowest BCUT2D eigenvalue weighted by atomic mass is 10.1. The molecule has 0 spiro atoms. The number of aryl methyl sites for hydroxylation is 3. The summed E-state index contributed by atoms with van der Waals surface area (Å²) in [6.07, 6.45) is 1.14. The SMILES string of the molecule is CCCN(c1cccc2nc(Nc3c(C)cc(C)cc3C)sc12)C(C)C. The van der Waals surface area contributed by atoms with Crippen molar-refractivity contribution in [1.82, 2.24) is 4.98 Å². The summed E-state index contributed by atoms with van der Waals surface area (Å²) in [6.45, 7) is 14.3. The van der Waals surface area contributed by atoms with E-state index < -0.39 is 0 Å². The molecule has 1 N–H and O–H groups in total. The maximum Gasteiger partial charge on any atom is 0.188 e. The molecule has 0 radical (unpaired) electrons. The third kappa shape index (κ3) is 3.70. The van der Waals surface area contributed by atoms with Crippen LogP contribution in [0.4, 0.5) is 16.5 Å². The van der Waals surface area contributed by atoms with Crippen molar-refractivity contribution in [2.24, 2.45) is 0 Å². The van der Waals surface area contributed by atoms with Gasteiger partial charge in [0, 0.05) is 18.3 Å². The molecule has 0 unspecified atom stereocenters. The number of rotatable bonds is 6. The van der Waals surface area contributed by atoms with Gasteiger partial charge in [0.15, 0.2) is 5.13 Å². The summed E-state index contributed by atoms with van der Waals surface area (Å²) in [5.41, 5.74) is 7.35. The Balaban J connectivity index is 2.01. The molecule has 0 aliphatic rings. The number of aromatic nitrogens is 1. The van der Waals surface area contributed by atoms with E-state index in [4.69, 9.17) is 4.98 Å². The lowest BCUT2D eigenvalue weighted by Gasteiger charge is -2.28. The van der Waals surface area contributed by atoms with Crippen LogP contribution >= 0.6 is 11.3 Å². The van der Waals surface area contributed by atoms with E-state index in [0.717, 1.165) is 23.6 Å². The van der Waals surface area contributed by atoms with E-state index in [9.17, 15) is 0 Å². The van der Waals surface area contributed by atoms with Gasteiger partial charge < -0.3 is 10.2 Å². The van der Waals surface area contributed by atoms with Gasteiger partial charge in [-0.15, -0.1) is 0 Å². The molecule has 0 aliphatic carbocycles. The smallest absolute Gasteiger partial charge is 0.188 e. The highest BCUT2D eigenvalue weighted by Gasteiger charge is 2.16. The summed E-state index contributed by atoms with van der Waals surface area (Å²) in [5.74, 6) is 0. The third-order valence-corrected chi connectivity index (χ3v) is 5.71. The van der Waals surface area contributed by atoms with Crippen molar-refractivity contribution in [2.45, 2.75) is 54.0 Å². The summed E-state index contributed by atoms with van der Waals surface area (Å²) in [5, 5.41) is 4.53. The minimum Gasteiger partial charge on any atom is -0.368 e. The van der Waals surface area contributed by atoms with E-state index in [2.05, 4.69) is 82.1 Å². The zero-order valence-corrected chi connectivity index (χ0v) is 17.5. The number of fused-ring (bicyclic) bond motifs is 1. The van der Waals surface area contributed by atoms with Gasteiger partial charge in [-0.3, -0.25) is 0 Å². The molecule has 1 heterocycles. The molecule has 1 aromatic heterocycles. The second-order valence-corrected chi connectivity index (χ2v) is 8.33. The van der Waals surface area contributed by atoms with E-state index in [1.165, 1.54) is 32.8 Å². The number of hydrogen-bond donors (Lipinski definition) is 1. The van der Waals surface area contributed by atoms with Gasteiger partial charge in [0.1, 0.15) is 0 Å². The lowest BCUT2D eigenvalue weighted by molar-refractivity contribution is 0.674. The summed E-state index contributed by atoms with van der Waals surface area (Å²) < 4.78 is 1.26. The van der Waals surface area contributed by atoms with E-state index in [0.29, 0.717) is 6.04 Å². The van der Waals surface area contributed by atoms with Gasteiger partial charge in [0.2, 0.25) is 0 Å². The van der Waals surface area contributed by atoms with Gasteiger partial charge in [0.05, 0.1) is 15.9 Å². The van der Waals surface area contributed by atoms with Crippen LogP contribution in [-0.4, -0.2) is 17.6 Å². The molecular formula is C22H29N3S. The maximum absolute atomic E-state index is 4.86. The van der Waals surface area contributed by atoms with Crippen LogP contribution in [0.5, 0.6) is 0 Å². The predicted molar refractivity (Wildman–Crippen MR) is 116 cm³/mol. The first-order valence-electron chi connectivity index (χ1n) is 9.41. The van der Waals surface area contributed by atoms with Crippen molar-refractivity contribution in [3.63, 3.8) is 0 Å². The Morgan fingerprint density at radius 3 is 2.42 bits per heavy atom. The molecule has 3 rings (SSSR count). The topological polar surface area (TPSA) is 28.2 Å². The van der Waals surface area contributed by atoms with Crippen LogP contribution in [0.25, 0.3) is 10.2 Å². The maximum atomic E-state index is 4.86. The van der Waals surface area contributed by atoms with Gasteiger partial charge >= 0.3 is 0 Å². The summed E-state index contributed by atoms with van der Waals surface area (Å²) in [7, 11) is 0. The molecule has 138 valence electrons. The minimum absolute atomic E-state index is 0.473. The number of benzene rings is 2. The first-order valence-corrected chi connectivity index (χ1v) is 10.2. The van der Waals surface area contributed by atoms with Crippen molar-refractivity contribution in [1.29, 1.82) is 0 Å². The van der Waals surface area contributed by atoms with Crippen LogP contribution in [0.2, 0.25) is 0 Å². The first-order chi connectivity index (χ1) is 12.4. The van der Waals surface area contributed by atoms with Gasteiger partial charge in [-0.2, -0.15) is 0 Å². The Morgan fingerprint density at radius 1 is 1.12 bits per heavy atom. The molecule has 0 bridgehead atoms. The van der Waals surface area contributed by atoms with Crippen LogP contribution in [0.3, 0.4) is 0 Å². The van der Waals surface area contributed by atoms with Crippen molar-refractivity contribution in [3.05, 3.63) is 47.0 Å². The van der Waals surface area contributed by atoms with Crippen LogP contribution in [0.1, 0.15) is 43.9 Å². The second-order valence-electron chi connectivity index (χ2n) is 7.33. The zero-order chi connectivity index (χ0) is 18.8. The summed E-state index contributed by atoms with van der Waals surface area (Å²) in [4.78, 5) is 7.33. The normalized spacial score (nSPS) is 11.3. The lowest BCUT2D eigenvalue weighted by Crippen LogP contribution is -2.31. The highest BCUT2D eigenvalue weighted by Crippen LogP contribution is 2.37. The van der Waals surface area contributed by atoms with Crippen LogP contribution in [0, 0.1) is 20.8 Å². The minimum atomic E-state index is 0.473. The van der Waals surface area contributed by atoms with Gasteiger partial charge in [-0.05, 0) is 64.3 Å². The molecule has 26 heavy (non-hydrogen) atoms. The Kier molecular flexibility index (Phi) is 5.52. The first kappa shape index (κ1) is 18.7. The number of nitrogens with one attached hydrogen (secondary N) is 1. The molecule has 0 saturated heterocycles. The Bertz CT molecular complexity index is 888. The fraction of sp³-hybridized carbons (Fsp3) is 0.409. The largest absolute Gasteiger partial charge is 0.368 e. The van der Waals surface area contributed by atoms with E-state index in [-0.39, 0.29) is 0 Å². The molecule has 0 saturated carbocycles. The number of anilines is 3. The number of hydrogen-bond acceptors (Lipinski definition) is 4. The van der Waals surface area contributed by atoms with Gasteiger partial charge in [-0.25, -0.2) is 4.98 Å². The van der Waals surface area contributed by atoms with Gasteiger partial charge in [0.25, 0.3) is 0 Å². The Morgan fingerprint density at radius 2 is 1.81 bits per heavy atom. The second kappa shape index (κ2) is 7.67. The Labute approximate surface area is 161 Å². The predicted octanol–water partition coefficient (Wildman–Crippen LogP) is 6.59. The fourth-order valence-electron chi connectivity index (χ4n) is 3.60. The molecular weight excluding hydrogens is 338 g/mol. The van der Waals surface area contributed by atoms with Crippen molar-refractivity contribution in [2.75, 3.05) is 16.8 Å². The highest BCUT2D eigenvalue weighted by atomic mass is 32.1. The number of nitrogens with zero attached hydrogens (tertiary/aromatic N) is 2. The summed E-state index contributed by atoms with van der Waals surface area (Å²) >= 11 is 1.75. The molecule has 3 aromatic rings. The van der Waals surface area contributed by atoms with Gasteiger partial charge in [-0.1, -0.05) is 42.0 Å². The Hall–Kier alpha value is -2.07. The van der Waals surface area contributed by atoms with E-state index in [1.54, 1.807) is 11.3 Å². The average molecular weight is 368 g/mol.